The molecular weight excluding hydrogens is 417 g/mol. The molecule has 0 saturated carbocycles. The number of fused-ring (bicyclic) bond motifs is 1. The number of aryl methyl sites for hydroxylation is 1. The van der Waals surface area contributed by atoms with E-state index in [1.165, 1.54) is 11.1 Å². The molecule has 0 amide bonds. The Morgan fingerprint density at radius 1 is 1.10 bits per heavy atom. The van der Waals surface area contributed by atoms with Crippen LogP contribution >= 0.6 is 24.0 Å². The van der Waals surface area contributed by atoms with Crippen LogP contribution in [-0.2, 0) is 13.1 Å². The first-order valence-electron chi connectivity index (χ1n) is 10.3. The molecule has 2 heterocycles. The Hall–Kier alpha value is -1.85. The Bertz CT molecular complexity index is 987. The minimum Gasteiger partial charge on any atom is -0.496 e. The Labute approximate surface area is 190 Å². The zero-order valence-electron chi connectivity index (χ0n) is 17.5. The Morgan fingerprint density at radius 3 is 2.63 bits per heavy atom. The van der Waals surface area contributed by atoms with Crippen LogP contribution < -0.4 is 10.1 Å². The van der Waals surface area contributed by atoms with E-state index in [1.807, 2.05) is 12.1 Å². The number of methoxy groups -OCH3 is 1. The van der Waals surface area contributed by atoms with Gasteiger partial charge in [0.2, 0.25) is 0 Å². The summed E-state index contributed by atoms with van der Waals surface area (Å²) < 4.78 is 5.49. The highest BCUT2D eigenvalue weighted by Gasteiger charge is 2.20. The number of para-hydroxylation sites is 1. The molecule has 0 bridgehead atoms. The van der Waals surface area contributed by atoms with Crippen molar-refractivity contribution in [3.05, 3.63) is 70.4 Å². The molecule has 1 aromatic heterocycles. The molecule has 6 heteroatoms. The van der Waals surface area contributed by atoms with Gasteiger partial charge in [-0.25, -0.2) is 4.98 Å². The molecule has 160 valence electrons. The van der Waals surface area contributed by atoms with Gasteiger partial charge in [0.15, 0.2) is 0 Å². The molecule has 1 aliphatic rings. The third kappa shape index (κ3) is 5.44. The lowest BCUT2D eigenvalue weighted by Gasteiger charge is -2.32. The second-order valence-electron chi connectivity index (χ2n) is 7.88. The van der Waals surface area contributed by atoms with Gasteiger partial charge in [-0.2, -0.15) is 0 Å². The molecule has 0 radical (unpaired) electrons. The fraction of sp³-hybridized carbons (Fsp3) is 0.375. The quantitative estimate of drug-likeness (QED) is 0.516. The van der Waals surface area contributed by atoms with E-state index >= 15 is 0 Å². The molecule has 0 atom stereocenters. The van der Waals surface area contributed by atoms with Crippen molar-refractivity contribution in [2.24, 2.45) is 0 Å². The van der Waals surface area contributed by atoms with E-state index in [4.69, 9.17) is 16.3 Å². The predicted octanol–water partition coefficient (Wildman–Crippen LogP) is 5.38. The van der Waals surface area contributed by atoms with Crippen molar-refractivity contribution in [3.63, 3.8) is 0 Å². The van der Waals surface area contributed by atoms with Crippen LogP contribution in [-0.4, -0.2) is 36.1 Å². The van der Waals surface area contributed by atoms with Crippen LogP contribution in [0.1, 0.15) is 29.5 Å². The Balaban J connectivity index is 0.00000256. The summed E-state index contributed by atoms with van der Waals surface area (Å²) in [7, 11) is 1.74. The molecule has 2 aromatic carbocycles. The first kappa shape index (κ1) is 22.8. The molecule has 1 aliphatic heterocycles. The molecule has 0 unspecified atom stereocenters. The van der Waals surface area contributed by atoms with Crippen LogP contribution in [0.4, 0.5) is 0 Å². The summed E-state index contributed by atoms with van der Waals surface area (Å²) in [5.74, 6) is 0.974. The van der Waals surface area contributed by atoms with Crippen LogP contribution in [0.25, 0.3) is 10.9 Å². The summed E-state index contributed by atoms with van der Waals surface area (Å²) in [6.45, 7) is 5.94. The number of halogens is 2. The van der Waals surface area contributed by atoms with Gasteiger partial charge in [0.25, 0.3) is 0 Å². The van der Waals surface area contributed by atoms with E-state index in [1.54, 1.807) is 7.11 Å². The Morgan fingerprint density at radius 2 is 1.87 bits per heavy atom. The van der Waals surface area contributed by atoms with E-state index in [-0.39, 0.29) is 12.4 Å². The molecule has 1 N–H and O–H groups in total. The third-order valence-electron chi connectivity index (χ3n) is 5.75. The monoisotopic (exact) mass is 445 g/mol. The normalized spacial score (nSPS) is 15.2. The fourth-order valence-corrected chi connectivity index (χ4v) is 4.26. The number of ether oxygens (including phenoxy) is 1. The van der Waals surface area contributed by atoms with Gasteiger partial charge in [-0.1, -0.05) is 41.9 Å². The second-order valence-corrected chi connectivity index (χ2v) is 8.24. The minimum atomic E-state index is 0. The third-order valence-corrected chi connectivity index (χ3v) is 6.08. The Kier molecular flexibility index (Phi) is 7.95. The number of nitrogens with one attached hydrogen (secondary N) is 1. The van der Waals surface area contributed by atoms with Crippen molar-refractivity contribution >= 4 is 34.9 Å². The maximum absolute atomic E-state index is 6.44. The summed E-state index contributed by atoms with van der Waals surface area (Å²) >= 11 is 6.44. The first-order valence-corrected chi connectivity index (χ1v) is 10.6. The summed E-state index contributed by atoms with van der Waals surface area (Å²) in [5, 5.41) is 5.43. The highest BCUT2D eigenvalue weighted by molar-refractivity contribution is 6.30. The maximum atomic E-state index is 6.44. The van der Waals surface area contributed by atoms with Gasteiger partial charge in [0, 0.05) is 35.6 Å². The largest absolute Gasteiger partial charge is 0.496 e. The van der Waals surface area contributed by atoms with Gasteiger partial charge >= 0.3 is 0 Å². The summed E-state index contributed by atoms with van der Waals surface area (Å²) in [6, 6.07) is 17.3. The van der Waals surface area contributed by atoms with Crippen molar-refractivity contribution < 1.29 is 4.74 Å². The SMILES string of the molecule is COc1ccccc1CN1CCC(NCc2cc3ccc(C)cc3nc2Cl)CC1.Cl. The summed E-state index contributed by atoms with van der Waals surface area (Å²) in [6.07, 6.45) is 2.26. The average Bonchev–Trinajstić information content (AvgIpc) is 2.73. The molecule has 30 heavy (non-hydrogen) atoms. The number of hydrogen-bond acceptors (Lipinski definition) is 4. The first-order chi connectivity index (χ1) is 14.1. The molecule has 0 spiro atoms. The number of hydrogen-bond donors (Lipinski definition) is 1. The number of likely N-dealkylation sites (tertiary alicyclic amines) is 1. The molecular formula is C24H29Cl2N3O. The number of pyridine rings is 1. The van der Waals surface area contributed by atoms with Gasteiger partial charge in [-0.05, 0) is 56.6 Å². The summed E-state index contributed by atoms with van der Waals surface area (Å²) in [5.41, 5.74) is 4.49. The van der Waals surface area contributed by atoms with Crippen molar-refractivity contribution in [1.29, 1.82) is 0 Å². The van der Waals surface area contributed by atoms with Crippen molar-refractivity contribution in [3.8, 4) is 5.75 Å². The molecule has 3 aromatic rings. The van der Waals surface area contributed by atoms with Gasteiger partial charge in [-0.15, -0.1) is 12.4 Å². The lowest BCUT2D eigenvalue weighted by molar-refractivity contribution is 0.188. The summed E-state index contributed by atoms with van der Waals surface area (Å²) in [4.78, 5) is 7.08. The minimum absolute atomic E-state index is 0. The van der Waals surface area contributed by atoms with Gasteiger partial charge in [0.05, 0.1) is 12.6 Å². The van der Waals surface area contributed by atoms with Crippen LogP contribution in [0.15, 0.2) is 48.5 Å². The van der Waals surface area contributed by atoms with Gasteiger partial charge in [0.1, 0.15) is 10.9 Å². The number of benzene rings is 2. The molecule has 0 aliphatic carbocycles. The van der Waals surface area contributed by atoms with Crippen molar-refractivity contribution in [2.75, 3.05) is 20.2 Å². The smallest absolute Gasteiger partial charge is 0.134 e. The highest BCUT2D eigenvalue weighted by atomic mass is 35.5. The maximum Gasteiger partial charge on any atom is 0.134 e. The highest BCUT2D eigenvalue weighted by Crippen LogP contribution is 2.23. The number of rotatable bonds is 6. The predicted molar refractivity (Wildman–Crippen MR) is 127 cm³/mol. The van der Waals surface area contributed by atoms with Gasteiger partial charge in [-0.3, -0.25) is 4.90 Å². The van der Waals surface area contributed by atoms with Crippen LogP contribution in [0, 0.1) is 6.92 Å². The van der Waals surface area contributed by atoms with E-state index in [0.717, 1.165) is 61.2 Å². The molecule has 1 fully saturated rings. The topological polar surface area (TPSA) is 37.4 Å². The van der Waals surface area contributed by atoms with E-state index in [0.29, 0.717) is 11.2 Å². The molecule has 1 saturated heterocycles. The lowest BCUT2D eigenvalue weighted by atomic mass is 10.0. The van der Waals surface area contributed by atoms with E-state index < -0.39 is 0 Å². The van der Waals surface area contributed by atoms with Crippen molar-refractivity contribution in [1.82, 2.24) is 15.2 Å². The zero-order chi connectivity index (χ0) is 20.2. The molecule has 4 nitrogen and oxygen atoms in total. The average molecular weight is 446 g/mol. The van der Waals surface area contributed by atoms with Crippen LogP contribution in [0.2, 0.25) is 5.15 Å². The second kappa shape index (κ2) is 10.5. The van der Waals surface area contributed by atoms with Crippen molar-refractivity contribution in [2.45, 2.75) is 38.9 Å². The van der Waals surface area contributed by atoms with Crippen LogP contribution in [0.3, 0.4) is 0 Å². The standard InChI is InChI=1S/C24H28ClN3O.ClH/c1-17-7-8-18-14-20(24(25)27-22(18)13-17)15-26-21-9-11-28(12-10-21)16-19-5-3-4-6-23(19)29-2;/h3-8,13-14,21,26H,9-12,15-16H2,1-2H3;1H. The molecule has 4 rings (SSSR count). The number of aromatic nitrogens is 1. The van der Waals surface area contributed by atoms with E-state index in [9.17, 15) is 0 Å². The fourth-order valence-electron chi connectivity index (χ4n) is 4.05. The van der Waals surface area contributed by atoms with Gasteiger partial charge < -0.3 is 10.1 Å². The lowest BCUT2D eigenvalue weighted by Crippen LogP contribution is -2.41. The number of nitrogens with zero attached hydrogens (tertiary/aromatic N) is 2. The zero-order valence-corrected chi connectivity index (χ0v) is 19.1. The van der Waals surface area contributed by atoms with Crippen LogP contribution in [0.5, 0.6) is 5.75 Å². The van der Waals surface area contributed by atoms with E-state index in [2.05, 4.69) is 58.5 Å². The number of piperidine rings is 1.